The maximum absolute atomic E-state index is 14.0. The predicted molar refractivity (Wildman–Crippen MR) is 95.2 cm³/mol. The standard InChI is InChI=1S/C16H14FN5O4S/c17-9-7-21(13-5-2-6-26-13)16(25)22(15(9)24)8-12(23)18-10-3-1-4-11-14(10)20-27-19-11/h1,3-4,7,13H,2,5-6,8H2,(H,18,23)/t13-/m1/s1. The van der Waals surface area contributed by atoms with Crippen LogP contribution in [-0.4, -0.2) is 30.4 Å². The van der Waals surface area contributed by atoms with Crippen LogP contribution in [0.5, 0.6) is 0 Å². The van der Waals surface area contributed by atoms with Crippen molar-refractivity contribution in [1.82, 2.24) is 17.9 Å². The number of nitrogens with one attached hydrogen (secondary N) is 1. The third-order valence-electron chi connectivity index (χ3n) is 4.23. The Labute approximate surface area is 155 Å². The van der Waals surface area contributed by atoms with Crippen molar-refractivity contribution >= 4 is 34.4 Å². The van der Waals surface area contributed by atoms with Crippen molar-refractivity contribution in [2.75, 3.05) is 11.9 Å². The fraction of sp³-hybridized carbons (Fsp3) is 0.312. The van der Waals surface area contributed by atoms with Crippen molar-refractivity contribution in [3.05, 3.63) is 51.1 Å². The van der Waals surface area contributed by atoms with E-state index in [1.54, 1.807) is 18.2 Å². The Morgan fingerprint density at radius 2 is 2.22 bits per heavy atom. The van der Waals surface area contributed by atoms with Gasteiger partial charge in [-0.1, -0.05) is 6.07 Å². The summed E-state index contributed by atoms with van der Waals surface area (Å²) >= 11 is 0.998. The van der Waals surface area contributed by atoms with Crippen molar-refractivity contribution in [3.8, 4) is 0 Å². The number of amides is 1. The van der Waals surface area contributed by atoms with Crippen molar-refractivity contribution in [2.45, 2.75) is 25.6 Å². The van der Waals surface area contributed by atoms with Crippen molar-refractivity contribution in [3.63, 3.8) is 0 Å². The zero-order valence-corrected chi connectivity index (χ0v) is 14.7. The van der Waals surface area contributed by atoms with Gasteiger partial charge in [0.15, 0.2) is 0 Å². The lowest BCUT2D eigenvalue weighted by molar-refractivity contribution is -0.116. The number of carbonyl (C=O) groups excluding carboxylic acids is 1. The maximum Gasteiger partial charge on any atom is 0.333 e. The molecular formula is C16H14FN5O4S. The topological polar surface area (TPSA) is 108 Å². The van der Waals surface area contributed by atoms with Gasteiger partial charge in [0.1, 0.15) is 23.8 Å². The molecule has 1 aliphatic heterocycles. The second-order valence-corrected chi connectivity index (χ2v) is 6.54. The Balaban J connectivity index is 1.63. The minimum Gasteiger partial charge on any atom is -0.358 e. The van der Waals surface area contributed by atoms with E-state index in [1.807, 2.05) is 0 Å². The van der Waals surface area contributed by atoms with Gasteiger partial charge in [-0.15, -0.1) is 0 Å². The molecule has 0 saturated carbocycles. The number of hydrogen-bond donors (Lipinski definition) is 1. The van der Waals surface area contributed by atoms with Gasteiger partial charge in [-0.2, -0.15) is 13.1 Å². The normalized spacial score (nSPS) is 16.7. The summed E-state index contributed by atoms with van der Waals surface area (Å²) in [7, 11) is 0. The van der Waals surface area contributed by atoms with Crippen molar-refractivity contribution in [2.24, 2.45) is 0 Å². The molecule has 140 valence electrons. The Morgan fingerprint density at radius 3 is 3.00 bits per heavy atom. The van der Waals surface area contributed by atoms with Crippen LogP contribution in [0, 0.1) is 5.82 Å². The van der Waals surface area contributed by atoms with Gasteiger partial charge in [0.25, 0.3) is 5.56 Å². The third kappa shape index (κ3) is 3.26. The van der Waals surface area contributed by atoms with E-state index in [0.717, 1.165) is 28.9 Å². The second kappa shape index (κ2) is 7.00. The number of fused-ring (bicyclic) bond motifs is 1. The molecule has 0 spiro atoms. The van der Waals surface area contributed by atoms with Crippen LogP contribution in [-0.2, 0) is 16.1 Å². The van der Waals surface area contributed by atoms with E-state index in [2.05, 4.69) is 14.1 Å². The highest BCUT2D eigenvalue weighted by Gasteiger charge is 2.23. The average Bonchev–Trinajstić information content (AvgIpc) is 3.33. The lowest BCUT2D eigenvalue weighted by Gasteiger charge is -2.15. The summed E-state index contributed by atoms with van der Waals surface area (Å²) in [5.74, 6) is -1.78. The molecule has 0 bridgehead atoms. The summed E-state index contributed by atoms with van der Waals surface area (Å²) in [6.45, 7) is -0.180. The molecule has 4 rings (SSSR count). The number of halogens is 1. The van der Waals surface area contributed by atoms with Crippen LogP contribution in [0.4, 0.5) is 10.1 Å². The van der Waals surface area contributed by atoms with Crippen LogP contribution in [0.2, 0.25) is 0 Å². The number of aromatic nitrogens is 4. The Kier molecular flexibility index (Phi) is 4.54. The number of hydrogen-bond acceptors (Lipinski definition) is 7. The van der Waals surface area contributed by atoms with E-state index < -0.39 is 35.7 Å². The Hall–Kier alpha value is -2.92. The van der Waals surface area contributed by atoms with Gasteiger partial charge in [-0.25, -0.2) is 9.36 Å². The molecule has 3 heterocycles. The van der Waals surface area contributed by atoms with Crippen molar-refractivity contribution < 1.29 is 13.9 Å². The molecular weight excluding hydrogens is 377 g/mol. The van der Waals surface area contributed by atoms with Gasteiger partial charge in [-0.05, 0) is 25.0 Å². The van der Waals surface area contributed by atoms with Crippen LogP contribution >= 0.6 is 11.7 Å². The molecule has 3 aromatic rings. The minimum absolute atomic E-state index is 0.398. The minimum atomic E-state index is -1.15. The molecule has 11 heteroatoms. The second-order valence-electron chi connectivity index (χ2n) is 6.01. The van der Waals surface area contributed by atoms with Gasteiger partial charge in [-0.3, -0.25) is 14.2 Å². The zero-order valence-electron chi connectivity index (χ0n) is 13.9. The lowest BCUT2D eigenvalue weighted by atomic mass is 10.2. The number of ether oxygens (including phenoxy) is 1. The van der Waals surface area contributed by atoms with Crippen LogP contribution in [0.25, 0.3) is 11.0 Å². The molecule has 1 aromatic carbocycles. The number of carbonyl (C=O) groups is 1. The first-order chi connectivity index (χ1) is 13.0. The van der Waals surface area contributed by atoms with Crippen molar-refractivity contribution in [1.29, 1.82) is 0 Å². The molecule has 1 atom stereocenters. The summed E-state index contributed by atoms with van der Waals surface area (Å²) in [5.41, 5.74) is -0.439. The lowest BCUT2D eigenvalue weighted by Crippen LogP contribution is -2.44. The van der Waals surface area contributed by atoms with E-state index in [0.29, 0.717) is 34.3 Å². The number of benzene rings is 1. The largest absolute Gasteiger partial charge is 0.358 e. The smallest absolute Gasteiger partial charge is 0.333 e. The van der Waals surface area contributed by atoms with Gasteiger partial charge < -0.3 is 10.1 Å². The van der Waals surface area contributed by atoms with Crippen LogP contribution < -0.4 is 16.6 Å². The van der Waals surface area contributed by atoms with Gasteiger partial charge >= 0.3 is 5.69 Å². The molecule has 27 heavy (non-hydrogen) atoms. The van der Waals surface area contributed by atoms with E-state index in [4.69, 9.17) is 4.74 Å². The Bertz CT molecular complexity index is 1130. The SMILES string of the molecule is O=C(Cn1c(=O)c(F)cn([C@H]2CCCO2)c1=O)Nc1cccc2nsnc12. The third-order valence-corrected chi connectivity index (χ3v) is 4.77. The number of rotatable bonds is 4. The van der Waals surface area contributed by atoms with Crippen LogP contribution in [0.1, 0.15) is 19.1 Å². The molecule has 1 amide bonds. The molecule has 9 nitrogen and oxygen atoms in total. The van der Waals surface area contributed by atoms with E-state index in [9.17, 15) is 18.8 Å². The highest BCUT2D eigenvalue weighted by molar-refractivity contribution is 7.00. The molecule has 1 N–H and O–H groups in total. The summed E-state index contributed by atoms with van der Waals surface area (Å²) in [6, 6.07) is 5.06. The zero-order chi connectivity index (χ0) is 19.0. The average molecular weight is 391 g/mol. The molecule has 0 aliphatic carbocycles. The summed E-state index contributed by atoms with van der Waals surface area (Å²) in [6.07, 6.45) is 1.44. The first-order valence-corrected chi connectivity index (χ1v) is 8.92. The van der Waals surface area contributed by atoms with E-state index >= 15 is 0 Å². The fourth-order valence-electron chi connectivity index (χ4n) is 2.95. The molecule has 1 aliphatic rings. The Morgan fingerprint density at radius 1 is 1.37 bits per heavy atom. The van der Waals surface area contributed by atoms with Gasteiger partial charge in [0, 0.05) is 6.61 Å². The van der Waals surface area contributed by atoms with E-state index in [-0.39, 0.29) is 0 Å². The number of nitrogens with zero attached hydrogens (tertiary/aromatic N) is 4. The quantitative estimate of drug-likeness (QED) is 0.714. The summed E-state index contributed by atoms with van der Waals surface area (Å²) in [4.78, 5) is 37.0. The van der Waals surface area contributed by atoms with Crippen LogP contribution in [0.15, 0.2) is 34.0 Å². The summed E-state index contributed by atoms with van der Waals surface area (Å²) in [5, 5.41) is 2.59. The van der Waals surface area contributed by atoms with E-state index in [1.165, 1.54) is 0 Å². The molecule has 0 radical (unpaired) electrons. The molecule has 1 fully saturated rings. The summed E-state index contributed by atoms with van der Waals surface area (Å²) < 4.78 is 29.1. The molecule has 0 unspecified atom stereocenters. The van der Waals surface area contributed by atoms with Gasteiger partial charge in [0.2, 0.25) is 11.7 Å². The fourth-order valence-corrected chi connectivity index (χ4v) is 3.50. The first kappa shape index (κ1) is 17.5. The highest BCUT2D eigenvalue weighted by atomic mass is 32.1. The predicted octanol–water partition coefficient (Wildman–Crippen LogP) is 1.10. The maximum atomic E-state index is 14.0. The first-order valence-electron chi connectivity index (χ1n) is 8.19. The molecule has 1 saturated heterocycles. The monoisotopic (exact) mass is 391 g/mol. The highest BCUT2D eigenvalue weighted by Crippen LogP contribution is 2.22. The van der Waals surface area contributed by atoms with Gasteiger partial charge in [0.05, 0.1) is 23.6 Å². The molecule has 2 aromatic heterocycles. The van der Waals surface area contributed by atoms with Crippen LogP contribution in [0.3, 0.4) is 0 Å². The number of anilines is 1.